The Labute approximate surface area is 316 Å². The largest absolute Gasteiger partial charge is 0.492 e. The van der Waals surface area contributed by atoms with Crippen LogP contribution in [0.4, 0.5) is 13.2 Å². The van der Waals surface area contributed by atoms with Crippen LogP contribution in [0, 0.1) is 0 Å². The summed E-state index contributed by atoms with van der Waals surface area (Å²) in [5.74, 6) is -0.338. The van der Waals surface area contributed by atoms with Gasteiger partial charge in [-0.3, -0.25) is 9.69 Å². The first-order valence-electron chi connectivity index (χ1n) is 19.2. The van der Waals surface area contributed by atoms with Gasteiger partial charge in [-0.05, 0) is 109 Å². The molecule has 1 saturated carbocycles. The second-order valence-electron chi connectivity index (χ2n) is 15.2. The number of rotatable bonds is 11. The summed E-state index contributed by atoms with van der Waals surface area (Å²) in [4.78, 5) is 24.8. The van der Waals surface area contributed by atoms with Gasteiger partial charge in [0.2, 0.25) is 0 Å². The number of ether oxygens (including phenoxy) is 1. The number of nitrogens with one attached hydrogen (secondary N) is 1. The van der Waals surface area contributed by atoms with Gasteiger partial charge in [-0.2, -0.15) is 13.2 Å². The standard InChI is InChI=1S/C42H49F3N4O4S/c1-4-53-36-26-35-33(25-37(36)54(51,52)28(2)3)38(40(50)47-41(18-19-41)30-13-7-5-8-14-30)34(39(46-35)29-12-11-15-31(24-29)42(43,44)45)27-48-22-16-32(17-23-48)49-20-9-6-10-21-49/h5,7-8,11-15,24-26,28,32H,4,6,9-10,16-23,27H2,1-3H3,(H,47,50). The zero-order valence-electron chi connectivity index (χ0n) is 31.2. The lowest BCUT2D eigenvalue weighted by atomic mass is 9.93. The third-order valence-corrected chi connectivity index (χ3v) is 13.5. The molecule has 2 aliphatic heterocycles. The minimum absolute atomic E-state index is 0.0491. The van der Waals surface area contributed by atoms with E-state index in [4.69, 9.17) is 9.72 Å². The Kier molecular flexibility index (Phi) is 10.8. The molecule has 288 valence electrons. The molecule has 0 spiro atoms. The number of nitrogens with zero attached hydrogens (tertiary/aromatic N) is 3. The van der Waals surface area contributed by atoms with Crippen LogP contribution in [0.1, 0.15) is 92.8 Å². The van der Waals surface area contributed by atoms with Crippen LogP contribution >= 0.6 is 0 Å². The van der Waals surface area contributed by atoms with Crippen LogP contribution < -0.4 is 10.1 Å². The van der Waals surface area contributed by atoms with E-state index in [9.17, 15) is 26.4 Å². The fourth-order valence-corrected chi connectivity index (χ4v) is 9.34. The molecule has 4 aromatic rings. The van der Waals surface area contributed by atoms with Crippen LogP contribution in [0.2, 0.25) is 0 Å². The molecule has 7 rings (SSSR count). The molecule has 3 aromatic carbocycles. The second kappa shape index (κ2) is 15.3. The third kappa shape index (κ3) is 7.75. The number of aromatic nitrogens is 1. The molecule has 0 bridgehead atoms. The van der Waals surface area contributed by atoms with Gasteiger partial charge in [-0.15, -0.1) is 0 Å². The van der Waals surface area contributed by atoms with Crippen molar-refractivity contribution in [1.82, 2.24) is 20.1 Å². The Morgan fingerprint density at radius 1 is 0.963 bits per heavy atom. The van der Waals surface area contributed by atoms with Crippen molar-refractivity contribution in [3.05, 3.63) is 89.0 Å². The van der Waals surface area contributed by atoms with Gasteiger partial charge in [0.1, 0.15) is 10.6 Å². The van der Waals surface area contributed by atoms with Crippen molar-refractivity contribution in [2.24, 2.45) is 0 Å². The van der Waals surface area contributed by atoms with Crippen molar-refractivity contribution in [3.63, 3.8) is 0 Å². The average Bonchev–Trinajstić information content (AvgIpc) is 3.95. The predicted molar refractivity (Wildman–Crippen MR) is 204 cm³/mol. The predicted octanol–water partition coefficient (Wildman–Crippen LogP) is 8.37. The molecule has 0 radical (unpaired) electrons. The summed E-state index contributed by atoms with van der Waals surface area (Å²) in [6.07, 6.45) is 2.36. The zero-order valence-corrected chi connectivity index (χ0v) is 32.0. The van der Waals surface area contributed by atoms with E-state index in [1.54, 1.807) is 26.8 Å². The highest BCUT2D eigenvalue weighted by atomic mass is 32.2. The number of hydrogen-bond acceptors (Lipinski definition) is 7. The fourth-order valence-electron chi connectivity index (χ4n) is 8.15. The lowest BCUT2D eigenvalue weighted by Crippen LogP contribution is -2.46. The molecule has 3 fully saturated rings. The van der Waals surface area contributed by atoms with Crippen molar-refractivity contribution < 1.29 is 31.1 Å². The third-order valence-electron chi connectivity index (χ3n) is 11.3. The quantitative estimate of drug-likeness (QED) is 0.164. The van der Waals surface area contributed by atoms with E-state index >= 15 is 0 Å². The Morgan fingerprint density at radius 2 is 1.67 bits per heavy atom. The van der Waals surface area contributed by atoms with Gasteiger partial charge in [0.05, 0.1) is 39.7 Å². The number of carbonyl (C=O) groups is 1. The number of alkyl halides is 3. The van der Waals surface area contributed by atoms with Gasteiger partial charge < -0.3 is 15.0 Å². The van der Waals surface area contributed by atoms with E-state index in [2.05, 4.69) is 15.1 Å². The minimum Gasteiger partial charge on any atom is -0.492 e. The highest BCUT2D eigenvalue weighted by Crippen LogP contribution is 2.46. The Hall–Kier alpha value is -4.00. The molecule has 3 heterocycles. The molecular weight excluding hydrogens is 714 g/mol. The molecule has 0 atom stereocenters. The van der Waals surface area contributed by atoms with E-state index in [-0.39, 0.29) is 46.1 Å². The Bertz CT molecular complexity index is 2110. The van der Waals surface area contributed by atoms with Crippen LogP contribution in [0.5, 0.6) is 5.75 Å². The maximum Gasteiger partial charge on any atom is 0.416 e. The van der Waals surface area contributed by atoms with E-state index in [1.807, 2.05) is 30.3 Å². The normalized spacial score (nSPS) is 18.6. The molecule has 1 N–H and O–H groups in total. The number of amides is 1. The first-order valence-corrected chi connectivity index (χ1v) is 20.7. The van der Waals surface area contributed by atoms with Gasteiger partial charge in [0.25, 0.3) is 5.91 Å². The Balaban J connectivity index is 1.42. The summed E-state index contributed by atoms with van der Waals surface area (Å²) in [5, 5.41) is 2.83. The lowest BCUT2D eigenvalue weighted by Gasteiger charge is -2.40. The lowest BCUT2D eigenvalue weighted by molar-refractivity contribution is -0.137. The van der Waals surface area contributed by atoms with Gasteiger partial charge in [-0.1, -0.05) is 48.9 Å². The molecule has 0 unspecified atom stereocenters. The number of fused-ring (bicyclic) bond motifs is 1. The molecule has 1 aromatic heterocycles. The fraction of sp³-hybridized carbons (Fsp3) is 0.476. The molecule has 12 heteroatoms. The van der Waals surface area contributed by atoms with Crippen LogP contribution in [0.15, 0.2) is 71.6 Å². The van der Waals surface area contributed by atoms with Crippen molar-refractivity contribution in [2.75, 3.05) is 32.8 Å². The van der Waals surface area contributed by atoms with Crippen LogP contribution in [-0.2, 0) is 28.1 Å². The number of likely N-dealkylation sites (tertiary alicyclic amines) is 2. The SMILES string of the molecule is CCOc1cc2nc(-c3cccc(C(F)(F)F)c3)c(CN3CCC(N4CCCCC4)CC3)c(C(=O)NC3(c4ccccc4)CC3)c2cc1S(=O)(=O)C(C)C. The van der Waals surface area contributed by atoms with Crippen molar-refractivity contribution in [3.8, 4) is 17.0 Å². The van der Waals surface area contributed by atoms with Gasteiger partial charge in [-0.25, -0.2) is 13.4 Å². The summed E-state index contributed by atoms with van der Waals surface area (Å²) in [6, 6.07) is 18.2. The first kappa shape index (κ1) is 38.3. The van der Waals surface area contributed by atoms with E-state index in [0.717, 1.165) is 56.7 Å². The summed E-state index contributed by atoms with van der Waals surface area (Å²) >= 11 is 0. The Morgan fingerprint density at radius 3 is 2.30 bits per heavy atom. The van der Waals surface area contributed by atoms with Crippen molar-refractivity contribution in [2.45, 2.75) is 100 Å². The van der Waals surface area contributed by atoms with Gasteiger partial charge >= 0.3 is 6.18 Å². The van der Waals surface area contributed by atoms with Crippen molar-refractivity contribution in [1.29, 1.82) is 0 Å². The molecule has 1 amide bonds. The highest BCUT2D eigenvalue weighted by Gasteiger charge is 2.46. The summed E-state index contributed by atoms with van der Waals surface area (Å²) in [7, 11) is -3.90. The number of halogens is 3. The number of carbonyl (C=O) groups excluding carboxylic acids is 1. The number of piperidine rings is 2. The summed E-state index contributed by atoms with van der Waals surface area (Å²) < 4.78 is 76.0. The van der Waals surface area contributed by atoms with E-state index in [1.165, 1.54) is 37.5 Å². The van der Waals surface area contributed by atoms with Crippen LogP contribution in [-0.4, -0.2) is 73.2 Å². The van der Waals surface area contributed by atoms with Crippen LogP contribution in [0.3, 0.4) is 0 Å². The second-order valence-corrected chi connectivity index (χ2v) is 17.7. The minimum atomic E-state index is -4.60. The maximum atomic E-state index is 15.0. The van der Waals surface area contributed by atoms with Crippen LogP contribution in [0.25, 0.3) is 22.2 Å². The monoisotopic (exact) mass is 762 g/mol. The summed E-state index contributed by atoms with van der Waals surface area (Å²) in [6.45, 7) is 9.02. The van der Waals surface area contributed by atoms with Gasteiger partial charge in [0.15, 0.2) is 9.84 Å². The topological polar surface area (TPSA) is 91.8 Å². The number of pyridine rings is 1. The summed E-state index contributed by atoms with van der Waals surface area (Å²) in [5.41, 5.74) is 0.937. The van der Waals surface area contributed by atoms with E-state index < -0.39 is 38.3 Å². The molecular formula is C42H49F3N4O4S. The number of hydrogen-bond donors (Lipinski definition) is 1. The maximum absolute atomic E-state index is 15.0. The molecule has 3 aliphatic rings. The molecule has 8 nitrogen and oxygen atoms in total. The van der Waals surface area contributed by atoms with Gasteiger partial charge in [0, 0.05) is 35.2 Å². The molecule has 54 heavy (non-hydrogen) atoms. The molecule has 2 saturated heterocycles. The zero-order chi connectivity index (χ0) is 38.3. The smallest absolute Gasteiger partial charge is 0.416 e. The highest BCUT2D eigenvalue weighted by molar-refractivity contribution is 7.92. The van der Waals surface area contributed by atoms with E-state index in [0.29, 0.717) is 29.8 Å². The number of benzene rings is 3. The average molecular weight is 763 g/mol. The molecule has 1 aliphatic carbocycles. The first-order chi connectivity index (χ1) is 25.8. The number of sulfone groups is 1. The van der Waals surface area contributed by atoms with Crippen molar-refractivity contribution >= 4 is 26.6 Å².